The van der Waals surface area contributed by atoms with Crippen molar-refractivity contribution in [1.82, 2.24) is 19.6 Å². The molecule has 0 amide bonds. The summed E-state index contributed by atoms with van der Waals surface area (Å²) in [6.07, 6.45) is 12.1. The van der Waals surface area contributed by atoms with Gasteiger partial charge in [-0.05, 0) is 18.9 Å². The molecule has 1 aliphatic rings. The van der Waals surface area contributed by atoms with Gasteiger partial charge in [-0.1, -0.05) is 19.3 Å². The van der Waals surface area contributed by atoms with E-state index in [9.17, 15) is 0 Å². The van der Waals surface area contributed by atoms with Crippen LogP contribution < -0.4 is 5.73 Å². The Labute approximate surface area is 107 Å². The quantitative estimate of drug-likeness (QED) is 0.901. The Bertz CT molecular complexity index is 507. The molecule has 2 N–H and O–H groups in total. The first-order valence-corrected chi connectivity index (χ1v) is 6.63. The first-order valence-electron chi connectivity index (χ1n) is 6.63. The van der Waals surface area contributed by atoms with Crippen molar-refractivity contribution in [2.24, 2.45) is 0 Å². The number of rotatable bonds is 3. The first-order chi connectivity index (χ1) is 8.81. The van der Waals surface area contributed by atoms with E-state index in [0.717, 1.165) is 5.69 Å². The number of nitrogens with two attached hydrogens (primary N) is 1. The third-order valence-corrected chi connectivity index (χ3v) is 3.59. The van der Waals surface area contributed by atoms with Crippen LogP contribution >= 0.6 is 0 Å². The summed E-state index contributed by atoms with van der Waals surface area (Å²) in [5.41, 5.74) is 7.39. The Balaban J connectivity index is 1.69. The lowest BCUT2D eigenvalue weighted by molar-refractivity contribution is 0.327. The van der Waals surface area contributed by atoms with E-state index in [-0.39, 0.29) is 0 Å². The molecule has 0 aromatic carbocycles. The fraction of sp³-hybridized carbons (Fsp3) is 0.538. The maximum absolute atomic E-state index is 5.65. The zero-order chi connectivity index (χ0) is 12.4. The summed E-state index contributed by atoms with van der Waals surface area (Å²) in [5, 5.41) is 8.83. The maximum Gasteiger partial charge on any atom is 0.0850 e. The minimum atomic E-state index is 0.593. The van der Waals surface area contributed by atoms with E-state index >= 15 is 0 Å². The second-order valence-corrected chi connectivity index (χ2v) is 5.05. The second-order valence-electron chi connectivity index (χ2n) is 5.05. The minimum absolute atomic E-state index is 0.593. The SMILES string of the molecule is Nc1cnn(Cc2ccn(C3CCCCC3)n2)c1. The molecule has 0 unspecified atom stereocenters. The molecule has 0 radical (unpaired) electrons. The molecule has 0 atom stereocenters. The Morgan fingerprint density at radius 2 is 2.11 bits per heavy atom. The third kappa shape index (κ3) is 2.39. The summed E-state index contributed by atoms with van der Waals surface area (Å²) in [7, 11) is 0. The van der Waals surface area contributed by atoms with Crippen LogP contribution in [0.4, 0.5) is 5.69 Å². The summed E-state index contributed by atoms with van der Waals surface area (Å²) in [6, 6.07) is 2.67. The first kappa shape index (κ1) is 11.3. The van der Waals surface area contributed by atoms with Crippen LogP contribution in [0.15, 0.2) is 24.7 Å². The smallest absolute Gasteiger partial charge is 0.0850 e. The lowest BCUT2D eigenvalue weighted by atomic mass is 9.96. The van der Waals surface area contributed by atoms with Gasteiger partial charge in [0.1, 0.15) is 0 Å². The molecule has 5 nitrogen and oxygen atoms in total. The predicted octanol–water partition coefficient (Wildman–Crippen LogP) is 2.22. The molecule has 2 aromatic rings. The van der Waals surface area contributed by atoms with Gasteiger partial charge in [0.05, 0.1) is 30.2 Å². The highest BCUT2D eigenvalue weighted by atomic mass is 15.3. The zero-order valence-corrected chi connectivity index (χ0v) is 10.5. The van der Waals surface area contributed by atoms with E-state index < -0.39 is 0 Å². The monoisotopic (exact) mass is 245 g/mol. The van der Waals surface area contributed by atoms with Crippen molar-refractivity contribution in [1.29, 1.82) is 0 Å². The molecular formula is C13H19N5. The molecular weight excluding hydrogens is 226 g/mol. The number of hydrogen-bond donors (Lipinski definition) is 1. The third-order valence-electron chi connectivity index (χ3n) is 3.59. The number of hydrogen-bond acceptors (Lipinski definition) is 3. The highest BCUT2D eigenvalue weighted by Gasteiger charge is 2.15. The van der Waals surface area contributed by atoms with Crippen molar-refractivity contribution >= 4 is 5.69 Å². The Morgan fingerprint density at radius 3 is 2.83 bits per heavy atom. The fourth-order valence-electron chi connectivity index (χ4n) is 2.64. The van der Waals surface area contributed by atoms with Crippen molar-refractivity contribution in [2.75, 3.05) is 5.73 Å². The van der Waals surface area contributed by atoms with Crippen molar-refractivity contribution in [3.8, 4) is 0 Å². The molecule has 5 heteroatoms. The van der Waals surface area contributed by atoms with Gasteiger partial charge in [0.15, 0.2) is 0 Å². The van der Waals surface area contributed by atoms with Gasteiger partial charge in [-0.3, -0.25) is 9.36 Å². The van der Waals surface area contributed by atoms with Crippen LogP contribution in [-0.2, 0) is 6.54 Å². The van der Waals surface area contributed by atoms with Crippen LogP contribution in [-0.4, -0.2) is 19.6 Å². The van der Waals surface area contributed by atoms with Crippen LogP contribution in [0.25, 0.3) is 0 Å². The van der Waals surface area contributed by atoms with Gasteiger partial charge in [-0.15, -0.1) is 0 Å². The molecule has 0 bridgehead atoms. The Morgan fingerprint density at radius 1 is 1.28 bits per heavy atom. The molecule has 2 heterocycles. The Hall–Kier alpha value is -1.78. The highest BCUT2D eigenvalue weighted by Crippen LogP contribution is 2.27. The van der Waals surface area contributed by atoms with E-state index in [4.69, 9.17) is 5.73 Å². The molecule has 3 rings (SSSR count). The second kappa shape index (κ2) is 4.84. The molecule has 1 saturated carbocycles. The van der Waals surface area contributed by atoms with Gasteiger partial charge in [0.25, 0.3) is 0 Å². The molecule has 96 valence electrons. The molecule has 18 heavy (non-hydrogen) atoms. The highest BCUT2D eigenvalue weighted by molar-refractivity contribution is 5.30. The van der Waals surface area contributed by atoms with Gasteiger partial charge in [-0.2, -0.15) is 10.2 Å². The van der Waals surface area contributed by atoms with Crippen LogP contribution in [0.1, 0.15) is 43.8 Å². The van der Waals surface area contributed by atoms with Crippen molar-refractivity contribution in [2.45, 2.75) is 44.7 Å². The predicted molar refractivity (Wildman–Crippen MR) is 70.1 cm³/mol. The topological polar surface area (TPSA) is 61.7 Å². The van der Waals surface area contributed by atoms with E-state index in [2.05, 4.69) is 27.1 Å². The largest absolute Gasteiger partial charge is 0.396 e. The normalized spacial score (nSPS) is 17.1. The van der Waals surface area contributed by atoms with Crippen molar-refractivity contribution < 1.29 is 0 Å². The summed E-state index contributed by atoms with van der Waals surface area (Å²) >= 11 is 0. The fourth-order valence-corrected chi connectivity index (χ4v) is 2.64. The number of anilines is 1. The van der Waals surface area contributed by atoms with Crippen LogP contribution in [0.3, 0.4) is 0 Å². The summed E-state index contributed by atoms with van der Waals surface area (Å²) < 4.78 is 3.95. The van der Waals surface area contributed by atoms with Gasteiger partial charge in [-0.25, -0.2) is 0 Å². The van der Waals surface area contributed by atoms with E-state index in [1.807, 2.05) is 10.9 Å². The molecule has 0 saturated heterocycles. The van der Waals surface area contributed by atoms with Gasteiger partial charge >= 0.3 is 0 Å². The minimum Gasteiger partial charge on any atom is -0.396 e. The van der Waals surface area contributed by atoms with E-state index in [1.165, 1.54) is 32.1 Å². The van der Waals surface area contributed by atoms with Crippen molar-refractivity contribution in [3.63, 3.8) is 0 Å². The molecule has 1 aliphatic carbocycles. The lowest BCUT2D eigenvalue weighted by Gasteiger charge is -2.21. The number of aromatic nitrogens is 4. The Kier molecular flexibility index (Phi) is 3.04. The van der Waals surface area contributed by atoms with E-state index in [0.29, 0.717) is 18.3 Å². The molecule has 2 aromatic heterocycles. The molecule has 0 aliphatic heterocycles. The average Bonchev–Trinajstić information content (AvgIpc) is 3.01. The molecule has 0 spiro atoms. The molecule has 1 fully saturated rings. The van der Waals surface area contributed by atoms with Gasteiger partial charge in [0, 0.05) is 12.4 Å². The van der Waals surface area contributed by atoms with Crippen LogP contribution in [0, 0.1) is 0 Å². The number of nitrogen functional groups attached to an aromatic ring is 1. The van der Waals surface area contributed by atoms with Gasteiger partial charge < -0.3 is 5.73 Å². The summed E-state index contributed by atoms with van der Waals surface area (Å²) in [6.45, 7) is 0.691. The van der Waals surface area contributed by atoms with E-state index in [1.54, 1.807) is 6.20 Å². The standard InChI is InChI=1S/C13H19N5/c14-11-8-15-17(9-11)10-12-6-7-18(16-12)13-4-2-1-3-5-13/h6-9,13H,1-5,10,14H2. The van der Waals surface area contributed by atoms with Crippen LogP contribution in [0.5, 0.6) is 0 Å². The van der Waals surface area contributed by atoms with Crippen LogP contribution in [0.2, 0.25) is 0 Å². The summed E-state index contributed by atoms with van der Waals surface area (Å²) in [4.78, 5) is 0. The lowest BCUT2D eigenvalue weighted by Crippen LogP contribution is -2.13. The van der Waals surface area contributed by atoms with Gasteiger partial charge in [0.2, 0.25) is 0 Å². The summed E-state index contributed by atoms with van der Waals surface area (Å²) in [5.74, 6) is 0. The maximum atomic E-state index is 5.65. The zero-order valence-electron chi connectivity index (χ0n) is 10.5. The average molecular weight is 245 g/mol. The number of nitrogens with zero attached hydrogens (tertiary/aromatic N) is 4. The van der Waals surface area contributed by atoms with Crippen molar-refractivity contribution in [3.05, 3.63) is 30.4 Å².